The topological polar surface area (TPSA) is 57.7 Å². The van der Waals surface area contributed by atoms with Crippen LogP contribution in [0.15, 0.2) is 54.6 Å². The van der Waals surface area contributed by atoms with Gasteiger partial charge in [0.15, 0.2) is 9.84 Å². The minimum absolute atomic E-state index is 0.0185. The van der Waals surface area contributed by atoms with Crippen LogP contribution < -0.4 is 9.80 Å². The monoisotopic (exact) mass is 362 g/mol. The molecule has 0 aliphatic carbocycles. The summed E-state index contributed by atoms with van der Waals surface area (Å²) in [6.07, 6.45) is 0. The van der Waals surface area contributed by atoms with Crippen molar-refractivity contribution in [3.8, 4) is 0 Å². The molecule has 2 aromatic carbocycles. The van der Waals surface area contributed by atoms with Gasteiger partial charge in [-0.3, -0.25) is 9.80 Å². The largest absolute Gasteiger partial charge is 0.329 e. The van der Waals surface area contributed by atoms with E-state index in [4.69, 9.17) is 11.6 Å². The predicted octanol–water partition coefficient (Wildman–Crippen LogP) is 2.95. The number of carbonyl (C=O) groups is 1. The second kappa shape index (κ2) is 5.50. The van der Waals surface area contributed by atoms with Gasteiger partial charge in [-0.1, -0.05) is 35.9 Å². The maximum atomic E-state index is 13.1. The average molecular weight is 363 g/mol. The van der Waals surface area contributed by atoms with Gasteiger partial charge in [-0.2, -0.15) is 0 Å². The normalized spacial score (nSPS) is 25.1. The Morgan fingerprint density at radius 2 is 1.46 bits per heavy atom. The molecule has 2 aliphatic heterocycles. The highest BCUT2D eigenvalue weighted by Crippen LogP contribution is 2.38. The van der Waals surface area contributed by atoms with Gasteiger partial charge in [0.2, 0.25) is 0 Å². The standard InChI is InChI=1S/C17H15ClN2O3S/c18-12-5-4-8-14(9-12)20-16-11-24(22,23)10-15(16)19(17(20)21)13-6-2-1-3-7-13/h1-9,15-16H,10-11H2/t15-,16-/m1/s1. The third-order valence-electron chi connectivity index (χ3n) is 4.49. The zero-order valence-electron chi connectivity index (χ0n) is 12.7. The first kappa shape index (κ1) is 15.5. The predicted molar refractivity (Wildman–Crippen MR) is 94.5 cm³/mol. The maximum absolute atomic E-state index is 13.1. The zero-order valence-corrected chi connectivity index (χ0v) is 14.2. The van der Waals surface area contributed by atoms with Crippen LogP contribution in [0.25, 0.3) is 0 Å². The first-order valence-corrected chi connectivity index (χ1v) is 9.80. The number of halogens is 1. The van der Waals surface area contributed by atoms with Crippen LogP contribution in [0, 0.1) is 0 Å². The van der Waals surface area contributed by atoms with Crippen LogP contribution in [-0.2, 0) is 9.84 Å². The average Bonchev–Trinajstić information content (AvgIpc) is 2.96. The van der Waals surface area contributed by atoms with Gasteiger partial charge in [0.1, 0.15) is 0 Å². The summed E-state index contributed by atoms with van der Waals surface area (Å²) in [6.45, 7) is 0. The van der Waals surface area contributed by atoms with Gasteiger partial charge in [0.25, 0.3) is 0 Å². The summed E-state index contributed by atoms with van der Waals surface area (Å²) in [5.41, 5.74) is 1.33. The second-order valence-corrected chi connectivity index (χ2v) is 8.64. The Kier molecular flexibility index (Phi) is 3.54. The van der Waals surface area contributed by atoms with Crippen molar-refractivity contribution < 1.29 is 13.2 Å². The number of urea groups is 1. The SMILES string of the molecule is O=C1N(c2ccccc2)[C@@H]2CS(=O)(=O)C[C@H]2N1c1cccc(Cl)c1. The Labute approximate surface area is 145 Å². The minimum Gasteiger partial charge on any atom is -0.288 e. The van der Waals surface area contributed by atoms with Crippen LogP contribution in [-0.4, -0.2) is 38.0 Å². The molecule has 24 heavy (non-hydrogen) atoms. The highest BCUT2D eigenvalue weighted by Gasteiger charge is 2.54. The number of anilines is 2. The van der Waals surface area contributed by atoms with E-state index in [2.05, 4.69) is 0 Å². The smallest absolute Gasteiger partial charge is 0.288 e. The molecule has 2 saturated heterocycles. The highest BCUT2D eigenvalue weighted by atomic mass is 35.5. The van der Waals surface area contributed by atoms with E-state index < -0.39 is 15.9 Å². The summed E-state index contributed by atoms with van der Waals surface area (Å²) in [6, 6.07) is 15.1. The summed E-state index contributed by atoms with van der Waals surface area (Å²) in [5.74, 6) is -0.0470. The van der Waals surface area contributed by atoms with Crippen molar-refractivity contribution >= 4 is 38.8 Å². The molecule has 0 spiro atoms. The molecule has 0 saturated carbocycles. The molecule has 5 nitrogen and oxygen atoms in total. The molecule has 4 rings (SSSR count). The highest BCUT2D eigenvalue weighted by molar-refractivity contribution is 7.91. The lowest BCUT2D eigenvalue weighted by Gasteiger charge is -2.22. The van der Waals surface area contributed by atoms with Crippen molar-refractivity contribution in [3.63, 3.8) is 0 Å². The molecular formula is C17H15ClN2O3S. The van der Waals surface area contributed by atoms with Crippen LogP contribution in [0.4, 0.5) is 16.2 Å². The van der Waals surface area contributed by atoms with Crippen molar-refractivity contribution in [1.29, 1.82) is 0 Å². The summed E-state index contributed by atoms with van der Waals surface area (Å²) in [5, 5.41) is 0.510. The summed E-state index contributed by atoms with van der Waals surface area (Å²) in [7, 11) is -3.19. The van der Waals surface area contributed by atoms with Gasteiger partial charge in [-0.25, -0.2) is 13.2 Å². The number of hydrogen-bond donors (Lipinski definition) is 0. The Hall–Kier alpha value is -2.05. The number of rotatable bonds is 2. The first-order valence-electron chi connectivity index (χ1n) is 7.60. The number of hydrogen-bond acceptors (Lipinski definition) is 3. The fraction of sp³-hybridized carbons (Fsp3) is 0.235. The lowest BCUT2D eigenvalue weighted by Crippen LogP contribution is -2.37. The van der Waals surface area contributed by atoms with Crippen LogP contribution in [0.2, 0.25) is 5.02 Å². The van der Waals surface area contributed by atoms with Crippen molar-refractivity contribution in [2.45, 2.75) is 12.1 Å². The van der Waals surface area contributed by atoms with E-state index in [0.717, 1.165) is 0 Å². The Morgan fingerprint density at radius 3 is 2.08 bits per heavy atom. The van der Waals surface area contributed by atoms with Gasteiger partial charge in [-0.15, -0.1) is 0 Å². The van der Waals surface area contributed by atoms with E-state index in [1.807, 2.05) is 30.3 Å². The molecule has 0 bridgehead atoms. The van der Waals surface area contributed by atoms with E-state index in [0.29, 0.717) is 16.4 Å². The number of fused-ring (bicyclic) bond motifs is 1. The Balaban J connectivity index is 1.82. The molecular weight excluding hydrogens is 348 g/mol. The number of nitrogens with zero attached hydrogens (tertiary/aromatic N) is 2. The van der Waals surface area contributed by atoms with E-state index >= 15 is 0 Å². The van der Waals surface area contributed by atoms with Crippen LogP contribution in [0.5, 0.6) is 0 Å². The number of sulfone groups is 1. The summed E-state index contributed by atoms with van der Waals surface area (Å²) in [4.78, 5) is 16.2. The van der Waals surface area contributed by atoms with Gasteiger partial charge in [0, 0.05) is 16.4 Å². The molecule has 0 N–H and O–H groups in total. The number of carbonyl (C=O) groups excluding carboxylic acids is 1. The molecule has 0 radical (unpaired) electrons. The molecule has 2 aliphatic rings. The van der Waals surface area contributed by atoms with Crippen molar-refractivity contribution in [2.75, 3.05) is 21.3 Å². The summed E-state index contributed by atoms with van der Waals surface area (Å²) < 4.78 is 24.4. The lowest BCUT2D eigenvalue weighted by atomic mass is 10.1. The van der Waals surface area contributed by atoms with E-state index in [1.165, 1.54) is 0 Å². The molecule has 0 aromatic heterocycles. The van der Waals surface area contributed by atoms with Crippen molar-refractivity contribution in [1.82, 2.24) is 0 Å². The van der Waals surface area contributed by atoms with E-state index in [1.54, 1.807) is 34.1 Å². The van der Waals surface area contributed by atoms with E-state index in [-0.39, 0.29) is 23.6 Å². The molecule has 0 unspecified atom stereocenters. The van der Waals surface area contributed by atoms with Gasteiger partial charge in [-0.05, 0) is 30.3 Å². The molecule has 2 amide bonds. The Bertz CT molecular complexity index is 901. The fourth-order valence-corrected chi connectivity index (χ4v) is 5.63. The number of benzene rings is 2. The lowest BCUT2D eigenvalue weighted by molar-refractivity contribution is 0.255. The van der Waals surface area contributed by atoms with Crippen LogP contribution in [0.3, 0.4) is 0 Å². The van der Waals surface area contributed by atoms with Crippen molar-refractivity contribution in [2.24, 2.45) is 0 Å². The molecule has 2 atom stereocenters. The van der Waals surface area contributed by atoms with Crippen LogP contribution >= 0.6 is 11.6 Å². The van der Waals surface area contributed by atoms with Gasteiger partial charge < -0.3 is 0 Å². The summed E-state index contributed by atoms with van der Waals surface area (Å²) >= 11 is 6.05. The maximum Gasteiger partial charge on any atom is 0.329 e. The van der Waals surface area contributed by atoms with E-state index in [9.17, 15) is 13.2 Å². The zero-order chi connectivity index (χ0) is 16.9. The molecule has 2 fully saturated rings. The molecule has 2 aromatic rings. The van der Waals surface area contributed by atoms with Gasteiger partial charge >= 0.3 is 6.03 Å². The second-order valence-electron chi connectivity index (χ2n) is 6.05. The number of amides is 2. The van der Waals surface area contributed by atoms with Crippen LogP contribution in [0.1, 0.15) is 0 Å². The quantitative estimate of drug-likeness (QED) is 0.772. The first-order chi connectivity index (χ1) is 11.5. The third kappa shape index (κ3) is 2.46. The van der Waals surface area contributed by atoms with Crippen molar-refractivity contribution in [3.05, 3.63) is 59.6 Å². The fourth-order valence-electron chi connectivity index (χ4n) is 3.52. The molecule has 124 valence electrons. The van der Waals surface area contributed by atoms with Gasteiger partial charge in [0.05, 0.1) is 23.6 Å². The minimum atomic E-state index is -3.19. The molecule has 7 heteroatoms. The Morgan fingerprint density at radius 1 is 0.875 bits per heavy atom. The third-order valence-corrected chi connectivity index (χ3v) is 6.42. The number of para-hydroxylation sites is 1. The molecule has 2 heterocycles.